The third kappa shape index (κ3) is 7.14. The molecule has 0 bridgehead atoms. The van der Waals surface area contributed by atoms with Crippen LogP contribution in [0.25, 0.3) is 10.8 Å². The zero-order valence-electron chi connectivity index (χ0n) is 24.1. The Morgan fingerprint density at radius 1 is 0.756 bits per heavy atom. The van der Waals surface area contributed by atoms with E-state index < -0.39 is 0 Å². The Kier molecular flexibility index (Phi) is 9.32. The monoisotopic (exact) mass is 548 g/mol. The van der Waals surface area contributed by atoms with Gasteiger partial charge in [-0.2, -0.15) is 0 Å². The molecule has 0 spiro atoms. The number of benzene rings is 4. The number of piperazine rings is 1. The number of fused-ring (bicyclic) bond motifs is 1. The maximum atomic E-state index is 13.4. The van der Waals surface area contributed by atoms with Crippen LogP contribution in [0.2, 0.25) is 0 Å². The van der Waals surface area contributed by atoms with E-state index in [-0.39, 0.29) is 18.0 Å². The molecule has 0 aliphatic carbocycles. The molecular weight excluding hydrogens is 508 g/mol. The molecule has 41 heavy (non-hydrogen) atoms. The molecule has 0 atom stereocenters. The highest BCUT2D eigenvalue weighted by Gasteiger charge is 2.28. The van der Waals surface area contributed by atoms with Gasteiger partial charge in [0, 0.05) is 51.1 Å². The number of urea groups is 1. The van der Waals surface area contributed by atoms with Crippen LogP contribution >= 0.6 is 0 Å². The Balaban J connectivity index is 1.20. The Hall–Kier alpha value is -4.16. The van der Waals surface area contributed by atoms with Crippen molar-refractivity contribution in [3.05, 3.63) is 114 Å². The van der Waals surface area contributed by atoms with E-state index in [2.05, 4.69) is 72.6 Å². The van der Waals surface area contributed by atoms with Gasteiger partial charge in [0.1, 0.15) is 0 Å². The second-order valence-corrected chi connectivity index (χ2v) is 11.2. The van der Waals surface area contributed by atoms with E-state index in [1.165, 1.54) is 11.1 Å². The molecule has 0 unspecified atom stereocenters. The number of hydrogen-bond donors (Lipinski definition) is 1. The minimum absolute atomic E-state index is 0.104. The summed E-state index contributed by atoms with van der Waals surface area (Å²) in [5.41, 5.74) is 3.32. The molecule has 1 aliphatic heterocycles. The van der Waals surface area contributed by atoms with Crippen molar-refractivity contribution in [1.29, 1.82) is 0 Å². The Morgan fingerprint density at radius 3 is 1.98 bits per heavy atom. The van der Waals surface area contributed by atoms with Crippen LogP contribution in [-0.2, 0) is 4.79 Å². The SMILES string of the molecule is CC(C)CN(CCC(=O)N1CCN(C(c2ccccc2)c2ccccc2)CC1)C(=O)Nc1cccc2ccccc12. The first-order valence-corrected chi connectivity index (χ1v) is 14.6. The molecule has 1 N–H and O–H groups in total. The van der Waals surface area contributed by atoms with Gasteiger partial charge < -0.3 is 15.1 Å². The van der Waals surface area contributed by atoms with E-state index in [4.69, 9.17) is 0 Å². The summed E-state index contributed by atoms with van der Waals surface area (Å²) in [6.45, 7) is 8.14. The van der Waals surface area contributed by atoms with Gasteiger partial charge in [-0.05, 0) is 28.5 Å². The molecule has 1 saturated heterocycles. The molecule has 5 rings (SSSR count). The zero-order valence-corrected chi connectivity index (χ0v) is 24.1. The van der Waals surface area contributed by atoms with E-state index >= 15 is 0 Å². The van der Waals surface area contributed by atoms with Gasteiger partial charge >= 0.3 is 6.03 Å². The molecule has 3 amide bonds. The quantitative estimate of drug-likeness (QED) is 0.255. The van der Waals surface area contributed by atoms with Gasteiger partial charge in [0.25, 0.3) is 0 Å². The standard InChI is InChI=1S/C35H40N4O2/c1-27(2)26-39(35(41)36-32-19-11-17-28-12-9-10-18-31(28)32)21-20-33(40)37-22-24-38(25-23-37)34(29-13-5-3-6-14-29)30-15-7-4-8-16-30/h3-19,27,34H,20-26H2,1-2H3,(H,36,41). The van der Waals surface area contributed by atoms with Crippen LogP contribution in [0.4, 0.5) is 10.5 Å². The number of nitrogens with one attached hydrogen (secondary N) is 1. The normalized spacial score (nSPS) is 14.0. The summed E-state index contributed by atoms with van der Waals surface area (Å²) in [5.74, 6) is 0.396. The van der Waals surface area contributed by atoms with Gasteiger partial charge in [0.2, 0.25) is 5.91 Å². The average molecular weight is 549 g/mol. The Morgan fingerprint density at radius 2 is 1.34 bits per heavy atom. The molecule has 6 heteroatoms. The van der Waals surface area contributed by atoms with Crippen molar-refractivity contribution in [2.45, 2.75) is 26.3 Å². The lowest BCUT2D eigenvalue weighted by molar-refractivity contribution is -0.133. The number of nitrogens with zero attached hydrogens (tertiary/aromatic N) is 3. The largest absolute Gasteiger partial charge is 0.340 e. The van der Waals surface area contributed by atoms with E-state index in [1.807, 2.05) is 59.5 Å². The highest BCUT2D eigenvalue weighted by Crippen LogP contribution is 2.29. The Bertz CT molecular complexity index is 1390. The maximum absolute atomic E-state index is 13.4. The van der Waals surface area contributed by atoms with E-state index in [9.17, 15) is 9.59 Å². The van der Waals surface area contributed by atoms with Crippen LogP contribution in [0.1, 0.15) is 37.4 Å². The third-order valence-electron chi connectivity index (χ3n) is 7.76. The lowest BCUT2D eigenvalue weighted by Gasteiger charge is -2.40. The van der Waals surface area contributed by atoms with Crippen LogP contribution in [-0.4, -0.2) is 65.9 Å². The Labute approximate surface area is 243 Å². The molecule has 4 aromatic rings. The topological polar surface area (TPSA) is 55.9 Å². The van der Waals surface area contributed by atoms with Crippen molar-refractivity contribution in [1.82, 2.24) is 14.7 Å². The van der Waals surface area contributed by atoms with Crippen molar-refractivity contribution in [3.8, 4) is 0 Å². The predicted octanol–water partition coefficient (Wildman–Crippen LogP) is 6.65. The van der Waals surface area contributed by atoms with Gasteiger partial charge in [-0.1, -0.05) is 111 Å². The summed E-state index contributed by atoms with van der Waals surface area (Å²) in [6, 6.07) is 35.1. The van der Waals surface area contributed by atoms with E-state index in [0.717, 1.165) is 29.5 Å². The summed E-state index contributed by atoms with van der Waals surface area (Å²) < 4.78 is 0. The molecule has 4 aromatic carbocycles. The summed E-state index contributed by atoms with van der Waals surface area (Å²) in [5, 5.41) is 5.18. The summed E-state index contributed by atoms with van der Waals surface area (Å²) in [6.07, 6.45) is 0.316. The van der Waals surface area contributed by atoms with Crippen molar-refractivity contribution in [2.24, 2.45) is 5.92 Å². The maximum Gasteiger partial charge on any atom is 0.321 e. The first-order chi connectivity index (χ1) is 20.0. The number of carbonyl (C=O) groups is 2. The molecule has 0 radical (unpaired) electrons. The second kappa shape index (κ2) is 13.5. The lowest BCUT2D eigenvalue weighted by Crippen LogP contribution is -2.50. The van der Waals surface area contributed by atoms with Crippen molar-refractivity contribution >= 4 is 28.4 Å². The van der Waals surface area contributed by atoms with Gasteiger partial charge in [-0.3, -0.25) is 9.69 Å². The molecule has 6 nitrogen and oxygen atoms in total. The fourth-order valence-electron chi connectivity index (χ4n) is 5.75. The fourth-order valence-corrected chi connectivity index (χ4v) is 5.75. The van der Waals surface area contributed by atoms with Crippen LogP contribution in [0.15, 0.2) is 103 Å². The van der Waals surface area contributed by atoms with Crippen molar-refractivity contribution < 1.29 is 9.59 Å². The van der Waals surface area contributed by atoms with Crippen LogP contribution in [0.5, 0.6) is 0 Å². The molecule has 212 valence electrons. The van der Waals surface area contributed by atoms with Gasteiger partial charge in [0.15, 0.2) is 0 Å². The van der Waals surface area contributed by atoms with Crippen LogP contribution in [0.3, 0.4) is 0 Å². The van der Waals surface area contributed by atoms with E-state index in [0.29, 0.717) is 38.5 Å². The molecule has 0 aromatic heterocycles. The molecule has 1 heterocycles. The second-order valence-electron chi connectivity index (χ2n) is 11.2. The molecule has 1 fully saturated rings. The first kappa shape index (κ1) is 28.4. The number of carbonyl (C=O) groups excluding carboxylic acids is 2. The summed E-state index contributed by atoms with van der Waals surface area (Å²) in [7, 11) is 0. The van der Waals surface area contributed by atoms with Gasteiger partial charge in [0.05, 0.1) is 11.7 Å². The molecule has 0 saturated carbocycles. The zero-order chi connectivity index (χ0) is 28.6. The van der Waals surface area contributed by atoms with Gasteiger partial charge in [-0.25, -0.2) is 4.79 Å². The molecule has 1 aliphatic rings. The summed E-state index contributed by atoms with van der Waals surface area (Å²) >= 11 is 0. The van der Waals surface area contributed by atoms with Crippen molar-refractivity contribution in [2.75, 3.05) is 44.6 Å². The summed E-state index contributed by atoms with van der Waals surface area (Å²) in [4.78, 5) is 32.9. The van der Waals surface area contributed by atoms with Crippen LogP contribution in [0, 0.1) is 5.92 Å². The average Bonchev–Trinajstić information content (AvgIpc) is 3.00. The minimum Gasteiger partial charge on any atom is -0.340 e. The minimum atomic E-state index is -0.166. The fraction of sp³-hybridized carbons (Fsp3) is 0.314. The smallest absolute Gasteiger partial charge is 0.321 e. The van der Waals surface area contributed by atoms with Crippen molar-refractivity contribution in [3.63, 3.8) is 0 Å². The number of hydrogen-bond acceptors (Lipinski definition) is 3. The first-order valence-electron chi connectivity index (χ1n) is 14.6. The highest BCUT2D eigenvalue weighted by atomic mass is 16.2. The molecular formula is C35H40N4O2. The third-order valence-corrected chi connectivity index (χ3v) is 7.76. The van der Waals surface area contributed by atoms with Crippen LogP contribution < -0.4 is 5.32 Å². The number of anilines is 1. The highest BCUT2D eigenvalue weighted by molar-refractivity contribution is 6.01. The number of amides is 3. The van der Waals surface area contributed by atoms with Gasteiger partial charge in [-0.15, -0.1) is 0 Å². The lowest BCUT2D eigenvalue weighted by atomic mass is 9.96. The predicted molar refractivity (Wildman–Crippen MR) is 167 cm³/mol. The number of rotatable bonds is 9. The van der Waals surface area contributed by atoms with E-state index in [1.54, 1.807) is 4.90 Å².